The summed E-state index contributed by atoms with van der Waals surface area (Å²) in [6, 6.07) is 13.0. The van der Waals surface area contributed by atoms with E-state index < -0.39 is 0 Å². The predicted octanol–water partition coefficient (Wildman–Crippen LogP) is 3.52. The number of hydrogen-bond acceptors (Lipinski definition) is 4. The molecule has 0 radical (unpaired) electrons. The second-order valence-electron chi connectivity index (χ2n) is 4.96. The molecule has 0 saturated carbocycles. The van der Waals surface area contributed by atoms with Gasteiger partial charge in [0.2, 0.25) is 0 Å². The molecule has 1 aromatic heterocycles. The molecule has 1 unspecified atom stereocenters. The lowest BCUT2D eigenvalue weighted by Crippen LogP contribution is -2.08. The SMILES string of the molecule is Cc1cncc(NC2=NC(Cc3ccccc3)CS2)c1. The van der Waals surface area contributed by atoms with Gasteiger partial charge in [-0.25, -0.2) is 0 Å². The standard InChI is InChI=1S/C16H17N3S/c1-12-7-14(10-17-9-12)18-16-19-15(11-20-16)8-13-5-3-2-4-6-13/h2-7,9-10,15H,8,11H2,1H3,(H,18,19). The third-order valence-electron chi connectivity index (χ3n) is 3.15. The van der Waals surface area contributed by atoms with E-state index in [0.29, 0.717) is 6.04 Å². The Hall–Kier alpha value is -1.81. The van der Waals surface area contributed by atoms with Crippen molar-refractivity contribution in [3.63, 3.8) is 0 Å². The summed E-state index contributed by atoms with van der Waals surface area (Å²) < 4.78 is 0. The van der Waals surface area contributed by atoms with Crippen LogP contribution in [0, 0.1) is 6.92 Å². The van der Waals surface area contributed by atoms with Crippen LogP contribution in [0.1, 0.15) is 11.1 Å². The lowest BCUT2D eigenvalue weighted by molar-refractivity contribution is 0.762. The monoisotopic (exact) mass is 283 g/mol. The molecule has 0 bridgehead atoms. The third kappa shape index (κ3) is 3.39. The molecular weight excluding hydrogens is 266 g/mol. The maximum atomic E-state index is 4.75. The molecule has 1 aromatic carbocycles. The van der Waals surface area contributed by atoms with Crippen molar-refractivity contribution in [2.45, 2.75) is 19.4 Å². The van der Waals surface area contributed by atoms with E-state index in [1.54, 1.807) is 11.8 Å². The molecule has 4 heteroatoms. The van der Waals surface area contributed by atoms with Crippen LogP contribution in [0.15, 0.2) is 53.8 Å². The molecular formula is C16H17N3S. The summed E-state index contributed by atoms with van der Waals surface area (Å²) in [6.45, 7) is 2.04. The molecule has 1 atom stereocenters. The van der Waals surface area contributed by atoms with E-state index >= 15 is 0 Å². The Kier molecular flexibility index (Phi) is 4.02. The van der Waals surface area contributed by atoms with E-state index in [2.05, 4.69) is 40.6 Å². The maximum Gasteiger partial charge on any atom is 0.161 e. The maximum absolute atomic E-state index is 4.75. The number of benzene rings is 1. The number of rotatable bonds is 3. The van der Waals surface area contributed by atoms with E-state index in [1.165, 1.54) is 5.56 Å². The van der Waals surface area contributed by atoms with Crippen LogP contribution in [0.4, 0.5) is 5.69 Å². The zero-order valence-corrected chi connectivity index (χ0v) is 12.2. The summed E-state index contributed by atoms with van der Waals surface area (Å²) in [4.78, 5) is 8.94. The fraction of sp³-hybridized carbons (Fsp3) is 0.250. The fourth-order valence-electron chi connectivity index (χ4n) is 2.22. The van der Waals surface area contributed by atoms with Crippen LogP contribution in [-0.4, -0.2) is 21.9 Å². The first kappa shape index (κ1) is 13.2. The highest BCUT2D eigenvalue weighted by Crippen LogP contribution is 2.22. The molecule has 3 nitrogen and oxygen atoms in total. The topological polar surface area (TPSA) is 37.3 Å². The molecule has 1 aliphatic rings. The van der Waals surface area contributed by atoms with E-state index in [9.17, 15) is 0 Å². The van der Waals surface area contributed by atoms with Crippen molar-refractivity contribution in [3.8, 4) is 0 Å². The van der Waals surface area contributed by atoms with Crippen LogP contribution in [0.3, 0.4) is 0 Å². The van der Waals surface area contributed by atoms with Crippen LogP contribution < -0.4 is 5.32 Å². The molecule has 0 spiro atoms. The van der Waals surface area contributed by atoms with Gasteiger partial charge in [-0.15, -0.1) is 0 Å². The van der Waals surface area contributed by atoms with Crippen LogP contribution in [-0.2, 0) is 6.42 Å². The van der Waals surface area contributed by atoms with Crippen molar-refractivity contribution in [1.82, 2.24) is 4.98 Å². The lowest BCUT2D eigenvalue weighted by Gasteiger charge is -2.05. The quantitative estimate of drug-likeness (QED) is 0.936. The van der Waals surface area contributed by atoms with Crippen LogP contribution >= 0.6 is 11.8 Å². The van der Waals surface area contributed by atoms with Crippen LogP contribution in [0.2, 0.25) is 0 Å². The largest absolute Gasteiger partial charge is 0.334 e. The molecule has 0 aliphatic carbocycles. The number of thioether (sulfide) groups is 1. The minimum atomic E-state index is 0.364. The van der Waals surface area contributed by atoms with Gasteiger partial charge in [0.05, 0.1) is 17.9 Å². The minimum absolute atomic E-state index is 0.364. The van der Waals surface area contributed by atoms with Gasteiger partial charge >= 0.3 is 0 Å². The number of aryl methyl sites for hydroxylation is 1. The van der Waals surface area contributed by atoms with E-state index in [4.69, 9.17) is 4.99 Å². The van der Waals surface area contributed by atoms with Gasteiger partial charge in [0.25, 0.3) is 0 Å². The smallest absolute Gasteiger partial charge is 0.161 e. The highest BCUT2D eigenvalue weighted by molar-refractivity contribution is 8.14. The van der Waals surface area contributed by atoms with Gasteiger partial charge in [0, 0.05) is 11.9 Å². The van der Waals surface area contributed by atoms with Crippen molar-refractivity contribution >= 4 is 22.6 Å². The van der Waals surface area contributed by atoms with E-state index in [-0.39, 0.29) is 0 Å². The van der Waals surface area contributed by atoms with Gasteiger partial charge in [0.15, 0.2) is 5.17 Å². The average molecular weight is 283 g/mol. The summed E-state index contributed by atoms with van der Waals surface area (Å²) in [5.74, 6) is 1.04. The molecule has 1 aliphatic heterocycles. The lowest BCUT2D eigenvalue weighted by atomic mass is 10.1. The summed E-state index contributed by atoms with van der Waals surface area (Å²) in [6.07, 6.45) is 4.69. The number of nitrogens with zero attached hydrogens (tertiary/aromatic N) is 2. The number of amidine groups is 1. The summed E-state index contributed by atoms with van der Waals surface area (Å²) >= 11 is 1.78. The molecule has 0 saturated heterocycles. The zero-order chi connectivity index (χ0) is 13.8. The van der Waals surface area contributed by atoms with Gasteiger partial charge in [-0.05, 0) is 30.5 Å². The first-order valence-electron chi connectivity index (χ1n) is 6.73. The predicted molar refractivity (Wildman–Crippen MR) is 86.4 cm³/mol. The summed E-state index contributed by atoms with van der Waals surface area (Å²) in [7, 11) is 0. The number of aromatic nitrogens is 1. The number of hydrogen-bond donors (Lipinski definition) is 1. The summed E-state index contributed by atoms with van der Waals surface area (Å²) in [5.41, 5.74) is 3.51. The molecule has 2 aromatic rings. The van der Waals surface area contributed by atoms with Gasteiger partial charge < -0.3 is 5.32 Å². The number of anilines is 1. The van der Waals surface area contributed by atoms with Gasteiger partial charge in [-0.2, -0.15) is 0 Å². The van der Waals surface area contributed by atoms with Crippen molar-refractivity contribution in [2.24, 2.45) is 4.99 Å². The van der Waals surface area contributed by atoms with Crippen molar-refractivity contribution in [3.05, 3.63) is 59.9 Å². The Bertz CT molecular complexity index is 610. The third-order valence-corrected chi connectivity index (χ3v) is 4.19. The number of nitrogens with one attached hydrogen (secondary N) is 1. The molecule has 102 valence electrons. The van der Waals surface area contributed by atoms with Crippen LogP contribution in [0.5, 0.6) is 0 Å². The normalized spacial score (nSPS) is 17.9. The van der Waals surface area contributed by atoms with Crippen LogP contribution in [0.25, 0.3) is 0 Å². The van der Waals surface area contributed by atoms with Crippen molar-refractivity contribution in [2.75, 3.05) is 11.1 Å². The Morgan fingerprint density at radius 2 is 2.10 bits per heavy atom. The van der Waals surface area contributed by atoms with E-state index in [1.807, 2.05) is 25.4 Å². The molecule has 2 heterocycles. The second-order valence-corrected chi connectivity index (χ2v) is 5.97. The summed E-state index contributed by atoms with van der Waals surface area (Å²) in [5, 5.41) is 4.35. The van der Waals surface area contributed by atoms with Gasteiger partial charge in [-0.3, -0.25) is 9.98 Å². The second kappa shape index (κ2) is 6.09. The molecule has 0 amide bonds. The highest BCUT2D eigenvalue weighted by Gasteiger charge is 2.18. The first-order valence-corrected chi connectivity index (χ1v) is 7.71. The molecule has 20 heavy (non-hydrogen) atoms. The number of pyridine rings is 1. The Labute approximate surface area is 123 Å². The van der Waals surface area contributed by atoms with Crippen molar-refractivity contribution < 1.29 is 0 Å². The van der Waals surface area contributed by atoms with Gasteiger partial charge in [-0.1, -0.05) is 42.1 Å². The van der Waals surface area contributed by atoms with Crippen molar-refractivity contribution in [1.29, 1.82) is 0 Å². The Morgan fingerprint density at radius 3 is 2.90 bits per heavy atom. The fourth-order valence-corrected chi connectivity index (χ4v) is 3.18. The molecule has 3 rings (SSSR count). The minimum Gasteiger partial charge on any atom is -0.334 e. The Balaban J connectivity index is 1.63. The molecule has 0 fully saturated rings. The number of aliphatic imine (C=N–C) groups is 1. The average Bonchev–Trinajstić information content (AvgIpc) is 2.87. The highest BCUT2D eigenvalue weighted by atomic mass is 32.2. The zero-order valence-electron chi connectivity index (χ0n) is 11.4. The molecule has 1 N–H and O–H groups in total. The first-order chi connectivity index (χ1) is 9.79. The van der Waals surface area contributed by atoms with E-state index in [0.717, 1.165) is 28.6 Å². The van der Waals surface area contributed by atoms with Gasteiger partial charge in [0.1, 0.15) is 0 Å². The Morgan fingerprint density at radius 1 is 1.25 bits per heavy atom.